The van der Waals surface area contributed by atoms with E-state index in [0.717, 1.165) is 31.0 Å². The topological polar surface area (TPSA) is 22.4 Å². The van der Waals surface area contributed by atoms with Crippen molar-refractivity contribution in [2.24, 2.45) is 0 Å². The maximum absolute atomic E-state index is 5.65. The fourth-order valence-corrected chi connectivity index (χ4v) is 1.69. The van der Waals surface area contributed by atoms with Crippen LogP contribution in [0.25, 0.3) is 0 Å². The summed E-state index contributed by atoms with van der Waals surface area (Å²) in [6, 6.07) is 4.00. The van der Waals surface area contributed by atoms with E-state index in [9.17, 15) is 0 Å². The van der Waals surface area contributed by atoms with E-state index in [1.54, 1.807) is 0 Å². The molecule has 0 N–H and O–H groups in total. The van der Waals surface area contributed by atoms with E-state index in [0.29, 0.717) is 0 Å². The fraction of sp³-hybridized carbons (Fsp3) is 0.600. The van der Waals surface area contributed by atoms with Gasteiger partial charge in [-0.2, -0.15) is 0 Å². The number of furan rings is 1. The van der Waals surface area contributed by atoms with Crippen LogP contribution in [0.2, 0.25) is 0 Å². The van der Waals surface area contributed by atoms with Gasteiger partial charge in [0.25, 0.3) is 0 Å². The van der Waals surface area contributed by atoms with Gasteiger partial charge in [0.05, 0.1) is 0 Å². The molecule has 12 heavy (non-hydrogen) atoms. The highest BCUT2D eigenvalue weighted by molar-refractivity contribution is 5.13. The third-order valence-corrected chi connectivity index (χ3v) is 2.48. The van der Waals surface area contributed by atoms with Crippen LogP contribution < -0.4 is 0 Å². The molecule has 2 heteroatoms. The Kier molecular flexibility index (Phi) is 1.72. The van der Waals surface area contributed by atoms with E-state index < -0.39 is 0 Å². The first-order chi connectivity index (χ1) is 5.71. The standard InChI is InChI=1S/C10H14O2/c1-8-4-5-9(12-8)10(2)6-3-7-11-10/h4-5H,3,6-7H2,1-2H3. The second-order valence-corrected chi connectivity index (χ2v) is 3.59. The summed E-state index contributed by atoms with van der Waals surface area (Å²) in [4.78, 5) is 0. The van der Waals surface area contributed by atoms with Crippen LogP contribution in [0.4, 0.5) is 0 Å². The minimum Gasteiger partial charge on any atom is -0.463 e. The van der Waals surface area contributed by atoms with Crippen molar-refractivity contribution < 1.29 is 9.15 Å². The fourth-order valence-electron chi connectivity index (χ4n) is 1.69. The molecule has 1 fully saturated rings. The van der Waals surface area contributed by atoms with Gasteiger partial charge in [-0.05, 0) is 38.8 Å². The van der Waals surface area contributed by atoms with Crippen molar-refractivity contribution in [3.63, 3.8) is 0 Å². The molecule has 1 saturated heterocycles. The van der Waals surface area contributed by atoms with Crippen molar-refractivity contribution in [1.82, 2.24) is 0 Å². The second kappa shape index (κ2) is 2.63. The van der Waals surface area contributed by atoms with Gasteiger partial charge in [-0.1, -0.05) is 0 Å². The summed E-state index contributed by atoms with van der Waals surface area (Å²) in [6.45, 7) is 4.91. The lowest BCUT2D eigenvalue weighted by molar-refractivity contribution is -0.00141. The van der Waals surface area contributed by atoms with Crippen LogP contribution >= 0.6 is 0 Å². The van der Waals surface area contributed by atoms with Crippen LogP contribution in [0, 0.1) is 6.92 Å². The molecule has 1 unspecified atom stereocenters. The Balaban J connectivity index is 2.28. The van der Waals surface area contributed by atoms with Crippen LogP contribution in [0.1, 0.15) is 31.3 Å². The zero-order chi connectivity index (χ0) is 8.60. The van der Waals surface area contributed by atoms with Crippen LogP contribution in [-0.4, -0.2) is 6.61 Å². The lowest BCUT2D eigenvalue weighted by atomic mass is 10.0. The van der Waals surface area contributed by atoms with Crippen molar-refractivity contribution in [3.05, 3.63) is 23.7 Å². The van der Waals surface area contributed by atoms with E-state index >= 15 is 0 Å². The van der Waals surface area contributed by atoms with Gasteiger partial charge in [0.15, 0.2) is 0 Å². The molecule has 0 bridgehead atoms. The second-order valence-electron chi connectivity index (χ2n) is 3.59. The monoisotopic (exact) mass is 166 g/mol. The molecule has 1 aliphatic heterocycles. The normalized spacial score (nSPS) is 29.5. The molecule has 2 rings (SSSR count). The van der Waals surface area contributed by atoms with Crippen molar-refractivity contribution >= 4 is 0 Å². The summed E-state index contributed by atoms with van der Waals surface area (Å²) in [5.74, 6) is 1.93. The van der Waals surface area contributed by atoms with E-state index in [2.05, 4.69) is 6.92 Å². The van der Waals surface area contributed by atoms with Crippen molar-refractivity contribution in [2.45, 2.75) is 32.3 Å². The van der Waals surface area contributed by atoms with E-state index in [4.69, 9.17) is 9.15 Å². The summed E-state index contributed by atoms with van der Waals surface area (Å²) in [5.41, 5.74) is -0.158. The number of ether oxygens (including phenoxy) is 1. The Morgan fingerprint density at radius 1 is 1.42 bits per heavy atom. The largest absolute Gasteiger partial charge is 0.463 e. The Labute approximate surface area is 72.5 Å². The number of hydrogen-bond donors (Lipinski definition) is 0. The third-order valence-electron chi connectivity index (χ3n) is 2.48. The minimum atomic E-state index is -0.158. The molecule has 1 aromatic rings. The van der Waals surface area contributed by atoms with Crippen molar-refractivity contribution in [1.29, 1.82) is 0 Å². The Morgan fingerprint density at radius 3 is 2.75 bits per heavy atom. The average Bonchev–Trinajstić information content (AvgIpc) is 2.59. The van der Waals surface area contributed by atoms with Gasteiger partial charge in [-0.15, -0.1) is 0 Å². The summed E-state index contributed by atoms with van der Waals surface area (Å²) >= 11 is 0. The first kappa shape index (κ1) is 7.87. The molecule has 0 aromatic carbocycles. The van der Waals surface area contributed by atoms with E-state index in [1.807, 2.05) is 19.1 Å². The highest BCUT2D eigenvalue weighted by atomic mass is 16.5. The van der Waals surface area contributed by atoms with Crippen LogP contribution in [0.3, 0.4) is 0 Å². The molecular weight excluding hydrogens is 152 g/mol. The molecule has 0 aliphatic carbocycles. The Morgan fingerprint density at radius 2 is 2.25 bits per heavy atom. The Bertz CT molecular complexity index is 269. The molecule has 1 atom stereocenters. The zero-order valence-corrected chi connectivity index (χ0v) is 7.59. The summed E-state index contributed by atoms with van der Waals surface area (Å²) in [5, 5.41) is 0. The number of aryl methyl sites for hydroxylation is 1. The van der Waals surface area contributed by atoms with Crippen LogP contribution in [0.15, 0.2) is 16.5 Å². The molecule has 1 aliphatic rings. The minimum absolute atomic E-state index is 0.158. The molecule has 66 valence electrons. The predicted octanol–water partition coefficient (Wildman–Crippen LogP) is 2.61. The average molecular weight is 166 g/mol. The van der Waals surface area contributed by atoms with Crippen LogP contribution in [-0.2, 0) is 10.3 Å². The lowest BCUT2D eigenvalue weighted by Gasteiger charge is -2.19. The van der Waals surface area contributed by atoms with Crippen LogP contribution in [0.5, 0.6) is 0 Å². The van der Waals surface area contributed by atoms with Gasteiger partial charge < -0.3 is 9.15 Å². The molecule has 0 saturated carbocycles. The zero-order valence-electron chi connectivity index (χ0n) is 7.59. The number of hydrogen-bond acceptors (Lipinski definition) is 2. The highest BCUT2D eigenvalue weighted by Crippen LogP contribution is 2.36. The Hall–Kier alpha value is -0.760. The third kappa shape index (κ3) is 1.16. The smallest absolute Gasteiger partial charge is 0.135 e. The molecule has 2 heterocycles. The highest BCUT2D eigenvalue weighted by Gasteiger charge is 2.34. The summed E-state index contributed by atoms with van der Waals surface area (Å²) in [7, 11) is 0. The molecule has 1 aromatic heterocycles. The van der Waals surface area contributed by atoms with Crippen molar-refractivity contribution in [3.8, 4) is 0 Å². The predicted molar refractivity (Wildman–Crippen MR) is 46.0 cm³/mol. The van der Waals surface area contributed by atoms with Gasteiger partial charge in [0.2, 0.25) is 0 Å². The van der Waals surface area contributed by atoms with E-state index in [1.165, 1.54) is 0 Å². The van der Waals surface area contributed by atoms with Gasteiger partial charge in [0.1, 0.15) is 17.1 Å². The van der Waals surface area contributed by atoms with Gasteiger partial charge in [-0.25, -0.2) is 0 Å². The van der Waals surface area contributed by atoms with E-state index in [-0.39, 0.29) is 5.60 Å². The molecule has 0 radical (unpaired) electrons. The lowest BCUT2D eigenvalue weighted by Crippen LogP contribution is -2.18. The summed E-state index contributed by atoms with van der Waals surface area (Å²) < 4.78 is 11.2. The number of rotatable bonds is 1. The molecule has 2 nitrogen and oxygen atoms in total. The first-order valence-corrected chi connectivity index (χ1v) is 4.42. The SMILES string of the molecule is Cc1ccc(C2(C)CCCO2)o1. The first-order valence-electron chi connectivity index (χ1n) is 4.42. The van der Waals surface area contributed by atoms with Gasteiger partial charge in [0, 0.05) is 6.61 Å². The van der Waals surface area contributed by atoms with Gasteiger partial charge >= 0.3 is 0 Å². The molecule has 0 spiro atoms. The summed E-state index contributed by atoms with van der Waals surface area (Å²) in [6.07, 6.45) is 2.20. The maximum atomic E-state index is 5.65. The quantitative estimate of drug-likeness (QED) is 0.639. The molecular formula is C10H14O2. The van der Waals surface area contributed by atoms with Gasteiger partial charge in [-0.3, -0.25) is 0 Å². The van der Waals surface area contributed by atoms with Crippen molar-refractivity contribution in [2.75, 3.05) is 6.61 Å². The molecule has 0 amide bonds. The maximum Gasteiger partial charge on any atom is 0.135 e.